The largest absolute Gasteiger partial charge is 0.379 e. The third-order valence-corrected chi connectivity index (χ3v) is 7.11. The second kappa shape index (κ2) is 10.2. The number of nitrogens with zero attached hydrogens (tertiary/aromatic N) is 5. The van der Waals surface area contributed by atoms with Crippen LogP contribution in [0.3, 0.4) is 0 Å². The number of hydrogen-bond donors (Lipinski definition) is 1. The van der Waals surface area contributed by atoms with Gasteiger partial charge in [0.05, 0.1) is 31.0 Å². The summed E-state index contributed by atoms with van der Waals surface area (Å²) >= 11 is 2.06. The van der Waals surface area contributed by atoms with Crippen LogP contribution >= 0.6 is 11.8 Å². The minimum absolute atomic E-state index is 0.174. The lowest BCUT2D eigenvalue weighted by Gasteiger charge is -2.42. The molecule has 1 N–H and O–H groups in total. The highest BCUT2D eigenvalue weighted by atomic mass is 32.2. The van der Waals surface area contributed by atoms with Crippen molar-refractivity contribution in [1.29, 1.82) is 0 Å². The van der Waals surface area contributed by atoms with Crippen molar-refractivity contribution in [3.63, 3.8) is 0 Å². The molecule has 0 radical (unpaired) electrons. The van der Waals surface area contributed by atoms with Gasteiger partial charge in [-0.3, -0.25) is 14.6 Å². The van der Waals surface area contributed by atoms with Crippen molar-refractivity contribution in [2.45, 2.75) is 45.2 Å². The molecule has 1 aromatic rings. The van der Waals surface area contributed by atoms with Crippen molar-refractivity contribution in [2.24, 2.45) is 12.0 Å². The molecular formula is C21H38N6OS. The molecule has 2 saturated heterocycles. The number of aryl methyl sites for hydroxylation is 1. The second-order valence-corrected chi connectivity index (χ2v) is 9.63. The van der Waals surface area contributed by atoms with E-state index in [2.05, 4.69) is 66.0 Å². The predicted molar refractivity (Wildman–Crippen MR) is 122 cm³/mol. The first-order valence-corrected chi connectivity index (χ1v) is 12.0. The quantitative estimate of drug-likeness (QED) is 0.537. The average Bonchev–Trinajstić information content (AvgIpc) is 3.33. The molecule has 1 atom stereocenters. The molecule has 0 spiro atoms. The Bertz CT molecular complexity index is 677. The number of ether oxygens (including phenoxy) is 1. The van der Waals surface area contributed by atoms with Crippen LogP contribution in [0.25, 0.3) is 0 Å². The molecule has 3 rings (SSSR count). The monoisotopic (exact) mass is 422 g/mol. The van der Waals surface area contributed by atoms with Gasteiger partial charge in [-0.2, -0.15) is 16.9 Å². The summed E-state index contributed by atoms with van der Waals surface area (Å²) in [6, 6.07) is 0. The molecule has 7 nitrogen and oxygen atoms in total. The van der Waals surface area contributed by atoms with Crippen LogP contribution in [-0.2, 0) is 18.3 Å². The zero-order chi connectivity index (χ0) is 20.9. The normalized spacial score (nSPS) is 23.7. The van der Waals surface area contributed by atoms with E-state index in [4.69, 9.17) is 9.73 Å². The third-order valence-electron chi connectivity index (χ3n) is 5.88. The van der Waals surface area contributed by atoms with Crippen molar-refractivity contribution in [2.75, 3.05) is 57.9 Å². The fraction of sp³-hybridized carbons (Fsp3) is 0.810. The summed E-state index contributed by atoms with van der Waals surface area (Å²) in [4.78, 5) is 9.99. The van der Waals surface area contributed by atoms with Gasteiger partial charge >= 0.3 is 0 Å². The van der Waals surface area contributed by atoms with Crippen molar-refractivity contribution in [3.05, 3.63) is 17.5 Å². The van der Waals surface area contributed by atoms with Gasteiger partial charge in [0, 0.05) is 57.8 Å². The lowest BCUT2D eigenvalue weighted by Crippen LogP contribution is -2.56. The van der Waals surface area contributed by atoms with Crippen LogP contribution in [0.4, 0.5) is 0 Å². The highest BCUT2D eigenvalue weighted by Crippen LogP contribution is 2.34. The molecule has 29 heavy (non-hydrogen) atoms. The zero-order valence-corrected chi connectivity index (χ0v) is 19.6. The van der Waals surface area contributed by atoms with Crippen LogP contribution in [0.1, 0.15) is 44.4 Å². The molecule has 0 aliphatic carbocycles. The summed E-state index contributed by atoms with van der Waals surface area (Å²) in [6.45, 7) is 12.8. The van der Waals surface area contributed by atoms with E-state index in [-0.39, 0.29) is 5.54 Å². The van der Waals surface area contributed by atoms with Crippen molar-refractivity contribution in [1.82, 2.24) is 24.9 Å². The first-order chi connectivity index (χ1) is 13.9. The summed E-state index contributed by atoms with van der Waals surface area (Å²) in [6.07, 6.45) is 3.35. The highest BCUT2D eigenvalue weighted by Gasteiger charge is 2.40. The number of thioether (sulfide) groups is 1. The van der Waals surface area contributed by atoms with Crippen LogP contribution in [0, 0.1) is 0 Å². The van der Waals surface area contributed by atoms with E-state index in [0.717, 1.165) is 51.9 Å². The fourth-order valence-electron chi connectivity index (χ4n) is 4.29. The van der Waals surface area contributed by atoms with E-state index in [0.29, 0.717) is 5.92 Å². The average molecular weight is 423 g/mol. The molecule has 8 heteroatoms. The molecule has 0 aromatic carbocycles. The number of aliphatic imine (C=N–C) groups is 1. The summed E-state index contributed by atoms with van der Waals surface area (Å²) in [5.74, 6) is 3.79. The molecule has 164 valence electrons. The van der Waals surface area contributed by atoms with E-state index in [1.54, 1.807) is 0 Å². The summed E-state index contributed by atoms with van der Waals surface area (Å²) in [5.41, 5.74) is 2.62. The van der Waals surface area contributed by atoms with Crippen LogP contribution in [0.2, 0.25) is 0 Å². The van der Waals surface area contributed by atoms with Gasteiger partial charge in [0.2, 0.25) is 0 Å². The van der Waals surface area contributed by atoms with E-state index in [1.165, 1.54) is 29.2 Å². The standard InChI is InChI=1S/C21H38N6OS/c1-6-22-20(25(4)13-18-14-26(5)24-19(18)17(2)3)23-15-21(7-12-29-16-21)27-8-10-28-11-9-27/h14,17H,6-13,15-16H2,1-5H3,(H,22,23). The van der Waals surface area contributed by atoms with Gasteiger partial charge < -0.3 is 15.0 Å². The van der Waals surface area contributed by atoms with Crippen LogP contribution in [0.15, 0.2) is 11.2 Å². The number of guanidine groups is 1. The topological polar surface area (TPSA) is 57.9 Å². The van der Waals surface area contributed by atoms with E-state index < -0.39 is 0 Å². The Morgan fingerprint density at radius 1 is 1.41 bits per heavy atom. The number of nitrogens with one attached hydrogen (secondary N) is 1. The highest BCUT2D eigenvalue weighted by molar-refractivity contribution is 7.99. The van der Waals surface area contributed by atoms with E-state index in [1.807, 2.05) is 11.7 Å². The molecule has 0 saturated carbocycles. The van der Waals surface area contributed by atoms with E-state index >= 15 is 0 Å². The number of rotatable bonds is 7. The Kier molecular flexibility index (Phi) is 7.87. The first kappa shape index (κ1) is 22.4. The summed E-state index contributed by atoms with van der Waals surface area (Å²) in [7, 11) is 4.13. The molecule has 2 aliphatic rings. The molecule has 2 fully saturated rings. The lowest BCUT2D eigenvalue weighted by molar-refractivity contribution is -0.0105. The van der Waals surface area contributed by atoms with Gasteiger partial charge in [0.1, 0.15) is 0 Å². The van der Waals surface area contributed by atoms with Gasteiger partial charge in [-0.25, -0.2) is 0 Å². The first-order valence-electron chi connectivity index (χ1n) is 10.9. The third kappa shape index (κ3) is 5.47. The maximum absolute atomic E-state index is 5.59. The number of hydrogen-bond acceptors (Lipinski definition) is 5. The molecule has 1 aromatic heterocycles. The van der Waals surface area contributed by atoms with Crippen LogP contribution in [0.5, 0.6) is 0 Å². The minimum Gasteiger partial charge on any atom is -0.379 e. The predicted octanol–water partition coefficient (Wildman–Crippen LogP) is 2.15. The number of aromatic nitrogens is 2. The minimum atomic E-state index is 0.174. The van der Waals surface area contributed by atoms with Crippen LogP contribution in [-0.4, -0.2) is 89.0 Å². The Hall–Kier alpha value is -1.25. The summed E-state index contributed by atoms with van der Waals surface area (Å²) < 4.78 is 7.52. The molecular weight excluding hydrogens is 384 g/mol. The van der Waals surface area contributed by atoms with E-state index in [9.17, 15) is 0 Å². The van der Waals surface area contributed by atoms with Gasteiger partial charge in [-0.1, -0.05) is 13.8 Å². The maximum atomic E-state index is 5.59. The van der Waals surface area contributed by atoms with Gasteiger partial charge in [0.25, 0.3) is 0 Å². The van der Waals surface area contributed by atoms with Gasteiger partial charge in [-0.15, -0.1) is 0 Å². The summed E-state index contributed by atoms with van der Waals surface area (Å²) in [5, 5.41) is 8.16. The fourth-order valence-corrected chi connectivity index (χ4v) is 5.76. The smallest absolute Gasteiger partial charge is 0.194 e. The van der Waals surface area contributed by atoms with Crippen molar-refractivity contribution < 1.29 is 4.74 Å². The second-order valence-electron chi connectivity index (χ2n) is 8.52. The zero-order valence-electron chi connectivity index (χ0n) is 18.8. The van der Waals surface area contributed by atoms with Crippen LogP contribution < -0.4 is 5.32 Å². The maximum Gasteiger partial charge on any atom is 0.194 e. The number of morpholine rings is 1. The Morgan fingerprint density at radius 2 is 2.17 bits per heavy atom. The molecule has 0 amide bonds. The van der Waals surface area contributed by atoms with Crippen molar-refractivity contribution >= 4 is 17.7 Å². The molecule has 0 bridgehead atoms. The van der Waals surface area contributed by atoms with Gasteiger partial charge in [-0.05, 0) is 25.0 Å². The Morgan fingerprint density at radius 3 is 2.79 bits per heavy atom. The molecule has 3 heterocycles. The molecule has 1 unspecified atom stereocenters. The molecule has 2 aliphatic heterocycles. The lowest BCUT2D eigenvalue weighted by atomic mass is 9.96. The SMILES string of the molecule is CCNC(=NCC1(N2CCOCC2)CCSC1)N(C)Cc1cn(C)nc1C(C)C. The Balaban J connectivity index is 1.74. The van der Waals surface area contributed by atoms with Gasteiger partial charge in [0.15, 0.2) is 5.96 Å². The Labute approximate surface area is 180 Å². The van der Waals surface area contributed by atoms with Crippen molar-refractivity contribution in [3.8, 4) is 0 Å².